The van der Waals surface area contributed by atoms with Crippen molar-refractivity contribution >= 4 is 35.8 Å². The predicted molar refractivity (Wildman–Crippen MR) is 153 cm³/mol. The van der Waals surface area contributed by atoms with Gasteiger partial charge in [-0.25, -0.2) is 28.8 Å². The molecule has 0 saturated carbocycles. The number of aliphatic hydroxyl groups is 2. The molecule has 0 saturated heterocycles. The molecular weight excluding hydrogens is 612 g/mol. The van der Waals surface area contributed by atoms with Crippen LogP contribution in [0.5, 0.6) is 0 Å². The lowest BCUT2D eigenvalue weighted by atomic mass is 10.1. The first-order valence-corrected chi connectivity index (χ1v) is 14.0. The topological polar surface area (TPSA) is 224 Å². The second-order valence-corrected chi connectivity index (χ2v) is 9.98. The summed E-state index contributed by atoms with van der Waals surface area (Å²) in [6, 6.07) is 6.39. The fraction of sp³-hybridized carbons (Fsp3) is 0.467. The Balaban J connectivity index is 1.92. The van der Waals surface area contributed by atoms with Crippen LogP contribution in [0.3, 0.4) is 0 Å². The summed E-state index contributed by atoms with van der Waals surface area (Å²) in [5, 5.41) is 18.4. The molecule has 46 heavy (non-hydrogen) atoms. The van der Waals surface area contributed by atoms with Crippen molar-refractivity contribution in [1.29, 1.82) is 0 Å². The third kappa shape index (κ3) is 11.9. The van der Waals surface area contributed by atoms with Crippen LogP contribution >= 0.6 is 0 Å². The molecule has 0 aliphatic rings. The molecular formula is C30H36N2O14. The molecule has 2 aromatic heterocycles. The number of ether oxygens (including phenoxy) is 6. The van der Waals surface area contributed by atoms with Gasteiger partial charge in [0.2, 0.25) is 0 Å². The Labute approximate surface area is 263 Å². The molecule has 0 aliphatic carbocycles. The molecule has 0 bridgehead atoms. The van der Waals surface area contributed by atoms with Crippen molar-refractivity contribution in [2.24, 2.45) is 0 Å². The molecule has 250 valence electrons. The summed E-state index contributed by atoms with van der Waals surface area (Å²) < 4.78 is 29.9. The van der Waals surface area contributed by atoms with E-state index in [0.717, 1.165) is 0 Å². The monoisotopic (exact) mass is 648 g/mol. The van der Waals surface area contributed by atoms with Crippen molar-refractivity contribution in [3.05, 3.63) is 47.8 Å². The zero-order valence-electron chi connectivity index (χ0n) is 26.0. The molecule has 6 unspecified atom stereocenters. The molecule has 0 radical (unpaired) electrons. The van der Waals surface area contributed by atoms with E-state index in [1.54, 1.807) is 24.3 Å². The zero-order chi connectivity index (χ0) is 34.6. The first kappa shape index (κ1) is 37.2. The van der Waals surface area contributed by atoms with Gasteiger partial charge in [-0.05, 0) is 76.9 Å². The van der Waals surface area contributed by atoms with Gasteiger partial charge in [0, 0.05) is 12.4 Å². The number of aliphatic hydroxyl groups excluding tert-OH is 2. The summed E-state index contributed by atoms with van der Waals surface area (Å²) in [4.78, 5) is 80.3. The van der Waals surface area contributed by atoms with Gasteiger partial charge in [0.05, 0.1) is 11.4 Å². The first-order chi connectivity index (χ1) is 21.6. The third-order valence-electron chi connectivity index (χ3n) is 5.85. The smallest absolute Gasteiger partial charge is 0.347 e. The average molecular weight is 649 g/mol. The zero-order valence-corrected chi connectivity index (χ0v) is 26.0. The van der Waals surface area contributed by atoms with E-state index in [2.05, 4.69) is 9.97 Å². The van der Waals surface area contributed by atoms with Crippen LogP contribution in [0, 0.1) is 0 Å². The van der Waals surface area contributed by atoms with Crippen molar-refractivity contribution in [2.45, 2.75) is 91.4 Å². The highest BCUT2D eigenvalue weighted by atomic mass is 16.6. The third-order valence-corrected chi connectivity index (χ3v) is 5.85. The van der Waals surface area contributed by atoms with Crippen LogP contribution in [-0.4, -0.2) is 92.6 Å². The van der Waals surface area contributed by atoms with Crippen molar-refractivity contribution < 1.29 is 67.4 Å². The SMILES string of the molecule is CC(O)C(=O)OC(C)C(=O)OC(C)C(=O)OCc1ccnc(-c2cc(COC(=O)C(C)OC(=O)C(C)OC(=O)C(C)O)ccn2)c1. The number of pyridine rings is 2. The van der Waals surface area contributed by atoms with Crippen LogP contribution in [0.1, 0.15) is 52.7 Å². The van der Waals surface area contributed by atoms with Crippen molar-refractivity contribution in [1.82, 2.24) is 9.97 Å². The van der Waals surface area contributed by atoms with E-state index >= 15 is 0 Å². The lowest BCUT2D eigenvalue weighted by Gasteiger charge is -2.17. The van der Waals surface area contributed by atoms with Crippen LogP contribution in [0.25, 0.3) is 11.4 Å². The normalized spacial score (nSPS) is 14.7. The molecule has 2 aromatic rings. The summed E-state index contributed by atoms with van der Waals surface area (Å²) in [5.74, 6) is -5.76. The van der Waals surface area contributed by atoms with Gasteiger partial charge >= 0.3 is 35.8 Å². The van der Waals surface area contributed by atoms with Gasteiger partial charge in [-0.1, -0.05) is 0 Å². The standard InChI is InChI=1S/C30H36N2O14/c1-15(33)25(35)43-19(5)29(39)45-17(3)27(37)41-13-21-7-9-31-23(11-21)24-12-22(8-10-32-24)14-42-28(38)18(4)46-30(40)20(6)44-26(36)16(2)34/h7-12,15-20,33-34H,13-14H2,1-6H3. The van der Waals surface area contributed by atoms with Crippen molar-refractivity contribution in [3.8, 4) is 11.4 Å². The minimum absolute atomic E-state index is 0.201. The number of rotatable bonds is 15. The maximum atomic E-state index is 12.4. The van der Waals surface area contributed by atoms with Gasteiger partial charge in [-0.15, -0.1) is 0 Å². The highest BCUT2D eigenvalue weighted by Crippen LogP contribution is 2.18. The Morgan fingerprint density at radius 3 is 1.17 bits per heavy atom. The first-order valence-electron chi connectivity index (χ1n) is 14.0. The second-order valence-electron chi connectivity index (χ2n) is 9.98. The van der Waals surface area contributed by atoms with Crippen LogP contribution in [0.2, 0.25) is 0 Å². The van der Waals surface area contributed by atoms with E-state index in [4.69, 9.17) is 28.4 Å². The fourth-order valence-electron chi connectivity index (χ4n) is 3.23. The maximum Gasteiger partial charge on any atom is 0.347 e. The van der Waals surface area contributed by atoms with E-state index in [-0.39, 0.29) is 13.2 Å². The molecule has 16 nitrogen and oxygen atoms in total. The number of hydrogen-bond donors (Lipinski definition) is 2. The lowest BCUT2D eigenvalue weighted by molar-refractivity contribution is -0.179. The van der Waals surface area contributed by atoms with Gasteiger partial charge in [-0.3, -0.25) is 9.97 Å². The van der Waals surface area contributed by atoms with E-state index in [1.165, 1.54) is 53.9 Å². The Morgan fingerprint density at radius 1 is 0.543 bits per heavy atom. The average Bonchev–Trinajstić information content (AvgIpc) is 3.02. The molecule has 6 atom stereocenters. The Morgan fingerprint density at radius 2 is 0.848 bits per heavy atom. The molecule has 0 fully saturated rings. The Bertz CT molecular complexity index is 1300. The largest absolute Gasteiger partial charge is 0.458 e. The van der Waals surface area contributed by atoms with Gasteiger partial charge in [0.1, 0.15) is 25.4 Å². The fourth-order valence-corrected chi connectivity index (χ4v) is 3.23. The highest BCUT2D eigenvalue weighted by Gasteiger charge is 2.28. The van der Waals surface area contributed by atoms with Gasteiger partial charge < -0.3 is 38.6 Å². The second kappa shape index (κ2) is 17.5. The van der Waals surface area contributed by atoms with E-state index in [9.17, 15) is 39.0 Å². The summed E-state index contributed by atoms with van der Waals surface area (Å²) in [6.07, 6.45) is -5.27. The predicted octanol–water partition coefficient (Wildman–Crippen LogP) is 0.718. The number of carbonyl (C=O) groups is 6. The van der Waals surface area contributed by atoms with Crippen LogP contribution in [0.4, 0.5) is 0 Å². The number of aromatic nitrogens is 2. The minimum atomic E-state index is -1.43. The molecule has 2 rings (SSSR count). The van der Waals surface area contributed by atoms with E-state index < -0.39 is 72.4 Å². The quantitative estimate of drug-likeness (QED) is 0.200. The van der Waals surface area contributed by atoms with Gasteiger partial charge in [0.25, 0.3) is 0 Å². The van der Waals surface area contributed by atoms with Gasteiger partial charge in [-0.2, -0.15) is 0 Å². The number of esters is 6. The Hall–Kier alpha value is -4.96. The molecule has 2 N–H and O–H groups in total. The summed E-state index contributed by atoms with van der Waals surface area (Å²) in [6.45, 7) is 6.97. The molecule has 0 spiro atoms. The van der Waals surface area contributed by atoms with E-state index in [1.807, 2.05) is 0 Å². The molecule has 0 aliphatic heterocycles. The number of carbonyl (C=O) groups excluding carboxylic acids is 6. The molecule has 16 heteroatoms. The van der Waals surface area contributed by atoms with Crippen LogP contribution < -0.4 is 0 Å². The summed E-state index contributed by atoms with van der Waals surface area (Å²) in [5.41, 5.74) is 1.86. The van der Waals surface area contributed by atoms with E-state index in [0.29, 0.717) is 22.5 Å². The highest BCUT2D eigenvalue weighted by molar-refractivity contribution is 5.84. The maximum absolute atomic E-state index is 12.4. The van der Waals surface area contributed by atoms with Crippen LogP contribution in [0.15, 0.2) is 36.7 Å². The van der Waals surface area contributed by atoms with Gasteiger partial charge in [0.15, 0.2) is 24.4 Å². The van der Waals surface area contributed by atoms with Crippen molar-refractivity contribution in [2.75, 3.05) is 0 Å². The number of hydrogen-bond acceptors (Lipinski definition) is 16. The van der Waals surface area contributed by atoms with Crippen molar-refractivity contribution in [3.63, 3.8) is 0 Å². The molecule has 0 amide bonds. The van der Waals surface area contributed by atoms with Crippen LogP contribution in [-0.2, 0) is 70.4 Å². The molecule has 2 heterocycles. The summed E-state index contributed by atoms with van der Waals surface area (Å²) >= 11 is 0. The lowest BCUT2D eigenvalue weighted by Crippen LogP contribution is -2.35. The minimum Gasteiger partial charge on any atom is -0.458 e. The number of nitrogens with zero attached hydrogens (tertiary/aromatic N) is 2. The summed E-state index contributed by atoms with van der Waals surface area (Å²) in [7, 11) is 0. The molecule has 0 aromatic carbocycles. The Kier molecular flexibility index (Phi) is 14.2.